The first kappa shape index (κ1) is 44.6. The Hall–Kier alpha value is -6.14. The second-order valence-corrected chi connectivity index (χ2v) is 14.9. The van der Waals surface area contributed by atoms with Crippen LogP contribution in [0, 0.1) is 0 Å². The van der Waals surface area contributed by atoms with Gasteiger partial charge in [-0.15, -0.1) is 0 Å². The number of nitrogens with one attached hydrogen (secondary N) is 5. The number of ether oxygens (including phenoxy) is 2. The SMILES string of the molecule is C/C=C\C1=C(C)c2ccccc2C1COC(=O)NCC(=O)N1CCN(C(=O)CNC(=O)NCC(=O)N2CCN(C(=O)CNC(=O)CNC(=O)OC(C)(C)C)CC2)CC1. The molecule has 58 heavy (non-hydrogen) atoms. The van der Waals surface area contributed by atoms with Gasteiger partial charge in [0.2, 0.25) is 29.5 Å². The van der Waals surface area contributed by atoms with Gasteiger partial charge in [0.05, 0.1) is 19.6 Å². The van der Waals surface area contributed by atoms with Gasteiger partial charge >= 0.3 is 18.2 Å². The minimum Gasteiger partial charge on any atom is -0.449 e. The molecule has 0 bridgehead atoms. The van der Waals surface area contributed by atoms with E-state index in [1.165, 1.54) is 14.7 Å². The molecule has 2 aliphatic heterocycles. The standard InChI is InChI=1S/C39H55N9O10/c1-6-9-27-26(2)28-10-7-8-11-29(28)30(27)25-57-37(55)44-24-35(53)48-18-16-47(17-19-48)34(52)23-42-36(54)41-22-33(51)46-14-12-45(13-15-46)32(50)21-40-31(49)20-43-38(56)58-39(3,4)5/h6-11,30H,12-25H2,1-5H3,(H,40,49)(H,43,56)(H,44,55)(H2,41,42,54)/b9-6-. The summed E-state index contributed by atoms with van der Waals surface area (Å²) < 4.78 is 10.6. The maximum Gasteiger partial charge on any atom is 0.408 e. The zero-order valence-electron chi connectivity index (χ0n) is 33.8. The zero-order chi connectivity index (χ0) is 42.4. The molecule has 3 aliphatic rings. The molecule has 1 unspecified atom stereocenters. The Morgan fingerprint density at radius 2 is 1.10 bits per heavy atom. The van der Waals surface area contributed by atoms with Gasteiger partial charge in [0, 0.05) is 58.3 Å². The van der Waals surface area contributed by atoms with Crippen LogP contribution >= 0.6 is 0 Å². The van der Waals surface area contributed by atoms with Gasteiger partial charge in [-0.3, -0.25) is 24.0 Å². The molecule has 2 heterocycles. The number of amides is 9. The summed E-state index contributed by atoms with van der Waals surface area (Å²) in [6, 6.07) is 7.29. The van der Waals surface area contributed by atoms with Crippen LogP contribution in [0.3, 0.4) is 0 Å². The molecule has 0 saturated carbocycles. The summed E-state index contributed by atoms with van der Waals surface area (Å²) in [5.74, 6) is -2.06. The topological polar surface area (TPSA) is 228 Å². The highest BCUT2D eigenvalue weighted by molar-refractivity contribution is 5.89. The van der Waals surface area contributed by atoms with Crippen LogP contribution in [0.25, 0.3) is 5.57 Å². The van der Waals surface area contributed by atoms with Gasteiger partial charge in [0.15, 0.2) is 0 Å². The highest BCUT2D eigenvalue weighted by Gasteiger charge is 2.30. The van der Waals surface area contributed by atoms with Crippen LogP contribution in [0.1, 0.15) is 51.7 Å². The quantitative estimate of drug-likeness (QED) is 0.181. The molecule has 19 heteroatoms. The Morgan fingerprint density at radius 1 is 0.655 bits per heavy atom. The van der Waals surface area contributed by atoms with Crippen LogP contribution in [0.15, 0.2) is 42.0 Å². The molecule has 0 radical (unpaired) electrons. The predicted molar refractivity (Wildman–Crippen MR) is 211 cm³/mol. The van der Waals surface area contributed by atoms with Gasteiger partial charge in [0.1, 0.15) is 25.3 Å². The van der Waals surface area contributed by atoms with Crippen molar-refractivity contribution in [2.45, 2.75) is 46.1 Å². The van der Waals surface area contributed by atoms with Crippen molar-refractivity contribution in [3.8, 4) is 0 Å². The fourth-order valence-corrected chi connectivity index (χ4v) is 6.62. The van der Waals surface area contributed by atoms with Gasteiger partial charge in [-0.2, -0.15) is 0 Å². The number of fused-ring (bicyclic) bond motifs is 1. The Labute approximate surface area is 337 Å². The molecule has 5 N–H and O–H groups in total. The van der Waals surface area contributed by atoms with Crippen molar-refractivity contribution < 1.29 is 47.8 Å². The number of piperazine rings is 2. The summed E-state index contributed by atoms with van der Waals surface area (Å²) in [5.41, 5.74) is 3.72. The van der Waals surface area contributed by atoms with Gasteiger partial charge in [-0.05, 0) is 56.9 Å². The fourth-order valence-electron chi connectivity index (χ4n) is 6.62. The minimum atomic E-state index is -0.752. The van der Waals surface area contributed by atoms with Crippen LogP contribution < -0.4 is 26.6 Å². The molecule has 19 nitrogen and oxygen atoms in total. The van der Waals surface area contributed by atoms with Crippen molar-refractivity contribution >= 4 is 53.3 Å². The van der Waals surface area contributed by atoms with Crippen molar-refractivity contribution in [1.29, 1.82) is 0 Å². The molecular weight excluding hydrogens is 754 g/mol. The van der Waals surface area contributed by atoms with Crippen molar-refractivity contribution in [2.24, 2.45) is 0 Å². The van der Waals surface area contributed by atoms with E-state index in [1.807, 2.05) is 50.3 Å². The molecule has 1 atom stereocenters. The molecule has 0 spiro atoms. The summed E-state index contributed by atoms with van der Waals surface area (Å²) in [5, 5.41) is 12.2. The normalized spacial score (nSPS) is 16.7. The monoisotopic (exact) mass is 809 g/mol. The molecule has 1 aromatic rings. The highest BCUT2D eigenvalue weighted by Crippen LogP contribution is 2.42. The molecule has 1 aromatic carbocycles. The second kappa shape index (κ2) is 20.9. The highest BCUT2D eigenvalue weighted by atomic mass is 16.6. The Kier molecular flexibility index (Phi) is 16.0. The number of alkyl carbamates (subject to hydrolysis) is 2. The summed E-state index contributed by atoms with van der Waals surface area (Å²) in [6.45, 7) is 9.54. The van der Waals surface area contributed by atoms with Crippen molar-refractivity contribution in [3.63, 3.8) is 0 Å². The summed E-state index contributed by atoms with van der Waals surface area (Å²) in [4.78, 5) is 105. The van der Waals surface area contributed by atoms with Crippen LogP contribution in [0.2, 0.25) is 0 Å². The average molecular weight is 810 g/mol. The first-order chi connectivity index (χ1) is 27.6. The summed E-state index contributed by atoms with van der Waals surface area (Å²) >= 11 is 0. The minimum absolute atomic E-state index is 0.102. The van der Waals surface area contributed by atoms with E-state index >= 15 is 0 Å². The molecule has 4 rings (SSSR count). The second-order valence-electron chi connectivity index (χ2n) is 14.9. The van der Waals surface area contributed by atoms with E-state index in [1.54, 1.807) is 25.7 Å². The van der Waals surface area contributed by atoms with E-state index in [-0.39, 0.29) is 121 Å². The van der Waals surface area contributed by atoms with E-state index in [9.17, 15) is 38.4 Å². The maximum absolute atomic E-state index is 12.8. The molecule has 2 saturated heterocycles. The maximum atomic E-state index is 12.8. The fraction of sp³-hybridized carbons (Fsp3) is 0.538. The van der Waals surface area contributed by atoms with Gasteiger partial charge < -0.3 is 55.7 Å². The Bertz CT molecular complexity index is 1770. The third-order valence-electron chi connectivity index (χ3n) is 9.66. The number of carbonyl (C=O) groups is 8. The third kappa shape index (κ3) is 13.2. The van der Waals surface area contributed by atoms with Crippen LogP contribution in [-0.2, 0) is 33.4 Å². The number of carbonyl (C=O) groups excluding carboxylic acids is 8. The lowest BCUT2D eigenvalue weighted by Gasteiger charge is -2.35. The number of rotatable bonds is 13. The largest absolute Gasteiger partial charge is 0.449 e. The van der Waals surface area contributed by atoms with Gasteiger partial charge in [-0.25, -0.2) is 14.4 Å². The number of urea groups is 1. The van der Waals surface area contributed by atoms with Gasteiger partial charge in [0.25, 0.3) is 0 Å². The lowest BCUT2D eigenvalue weighted by Crippen LogP contribution is -2.55. The van der Waals surface area contributed by atoms with E-state index in [0.29, 0.717) is 0 Å². The number of allylic oxidation sites excluding steroid dienone is 3. The summed E-state index contributed by atoms with van der Waals surface area (Å²) in [7, 11) is 0. The molecule has 1 aliphatic carbocycles. The van der Waals surface area contributed by atoms with Gasteiger partial charge in [-0.1, -0.05) is 36.4 Å². The first-order valence-corrected chi connectivity index (χ1v) is 19.3. The molecule has 9 amide bonds. The third-order valence-corrected chi connectivity index (χ3v) is 9.66. The van der Waals surface area contributed by atoms with Crippen LogP contribution in [0.4, 0.5) is 14.4 Å². The Morgan fingerprint density at radius 3 is 1.59 bits per heavy atom. The molecular formula is C39H55N9O10. The zero-order valence-corrected chi connectivity index (χ0v) is 33.8. The number of hydrogen-bond donors (Lipinski definition) is 5. The van der Waals surface area contributed by atoms with E-state index < -0.39 is 29.7 Å². The van der Waals surface area contributed by atoms with Crippen LogP contribution in [0.5, 0.6) is 0 Å². The smallest absolute Gasteiger partial charge is 0.408 e. The number of hydrogen-bond acceptors (Lipinski definition) is 10. The van der Waals surface area contributed by atoms with E-state index in [2.05, 4.69) is 26.6 Å². The van der Waals surface area contributed by atoms with Crippen molar-refractivity contribution in [1.82, 2.24) is 46.2 Å². The molecule has 0 aromatic heterocycles. The predicted octanol–water partition coefficient (Wildman–Crippen LogP) is 0.141. The number of nitrogens with zero attached hydrogens (tertiary/aromatic N) is 4. The van der Waals surface area contributed by atoms with Crippen LogP contribution in [-0.4, -0.2) is 165 Å². The van der Waals surface area contributed by atoms with Crippen molar-refractivity contribution in [3.05, 3.63) is 53.1 Å². The average Bonchev–Trinajstić information content (AvgIpc) is 3.47. The first-order valence-electron chi connectivity index (χ1n) is 19.3. The molecule has 2 fully saturated rings. The lowest BCUT2D eigenvalue weighted by atomic mass is 9.96. The molecule has 316 valence electrons. The Balaban J connectivity index is 1.05. The van der Waals surface area contributed by atoms with Crippen molar-refractivity contribution in [2.75, 3.05) is 91.7 Å². The lowest BCUT2D eigenvalue weighted by molar-refractivity contribution is -0.139. The number of benzene rings is 1. The summed E-state index contributed by atoms with van der Waals surface area (Å²) in [6.07, 6.45) is 2.53. The van der Waals surface area contributed by atoms with E-state index in [0.717, 1.165) is 22.3 Å². The van der Waals surface area contributed by atoms with E-state index in [4.69, 9.17) is 9.47 Å².